The lowest BCUT2D eigenvalue weighted by Crippen LogP contribution is -2.11. The molecule has 0 spiro atoms. The number of benzene rings is 2. The van der Waals surface area contributed by atoms with Gasteiger partial charge in [0.1, 0.15) is 11.5 Å². The molecule has 0 atom stereocenters. The van der Waals surface area contributed by atoms with Gasteiger partial charge >= 0.3 is 33.0 Å². The van der Waals surface area contributed by atoms with E-state index in [1.165, 1.54) is 0 Å². The first-order valence-electron chi connectivity index (χ1n) is 7.75. The van der Waals surface area contributed by atoms with Gasteiger partial charge in [0.05, 0.1) is 22.3 Å². The largest absolute Gasteiger partial charge is 0.418 e. The first-order chi connectivity index (χ1) is 14.3. The highest BCUT2D eigenvalue weighted by molar-refractivity contribution is 7.34. The maximum atomic E-state index is 12.8. The average molecular weight is 524 g/mol. The predicted octanol–water partition coefficient (Wildman–Crippen LogP) is 6.78. The third kappa shape index (κ3) is 7.74. The summed E-state index contributed by atoms with van der Waals surface area (Å²) in [5, 5.41) is 0. The van der Waals surface area contributed by atoms with Crippen molar-refractivity contribution in [3.8, 4) is 11.5 Å². The van der Waals surface area contributed by atoms with E-state index < -0.39 is 66.7 Å². The highest BCUT2D eigenvalue weighted by Crippen LogP contribution is 2.42. The van der Waals surface area contributed by atoms with Gasteiger partial charge in [0, 0.05) is 0 Å². The fourth-order valence-electron chi connectivity index (χ4n) is 2.18. The van der Waals surface area contributed by atoms with E-state index in [1.54, 1.807) is 0 Å². The monoisotopic (exact) mass is 524 g/mol. The zero-order valence-electron chi connectivity index (χ0n) is 15.2. The number of alkyl halides is 12. The van der Waals surface area contributed by atoms with Crippen LogP contribution in [0.2, 0.25) is 0 Å². The average Bonchev–Trinajstić information content (AvgIpc) is 2.58. The van der Waals surface area contributed by atoms with Crippen LogP contribution >= 0.6 is 8.25 Å². The third-order valence-corrected chi connectivity index (χ3v) is 4.33. The maximum Gasteiger partial charge on any atom is 0.418 e. The Bertz CT molecular complexity index is 864. The molecule has 2 N–H and O–H groups in total. The van der Waals surface area contributed by atoms with Gasteiger partial charge in [0.25, 0.3) is 0 Å². The Balaban J connectivity index is 0.00000544. The van der Waals surface area contributed by atoms with E-state index in [9.17, 15) is 57.3 Å². The van der Waals surface area contributed by atoms with Crippen molar-refractivity contribution < 1.29 is 71.8 Å². The van der Waals surface area contributed by atoms with Gasteiger partial charge in [-0.15, -0.1) is 0 Å². The van der Waals surface area contributed by atoms with Gasteiger partial charge in [0.15, 0.2) is 0 Å². The van der Waals surface area contributed by atoms with E-state index in [4.69, 9.17) is 0 Å². The van der Waals surface area contributed by atoms with Gasteiger partial charge in [-0.05, 0) is 36.4 Å². The summed E-state index contributed by atoms with van der Waals surface area (Å²) in [7, 11) is -4.26. The summed E-state index contributed by atoms with van der Waals surface area (Å²) < 4.78 is 174. The fourth-order valence-corrected chi connectivity index (χ4v) is 2.85. The van der Waals surface area contributed by atoms with Crippen molar-refractivity contribution in [2.45, 2.75) is 24.7 Å². The van der Waals surface area contributed by atoms with Gasteiger partial charge in [-0.2, -0.15) is 52.7 Å². The van der Waals surface area contributed by atoms with Crippen LogP contribution in [0.25, 0.3) is 0 Å². The Hall–Kier alpha value is -2.61. The summed E-state index contributed by atoms with van der Waals surface area (Å²) >= 11 is 0. The van der Waals surface area contributed by atoms with Crippen molar-refractivity contribution in [2.24, 2.45) is 0 Å². The SMILES string of the molecule is O.O=[PH](Oc1cc(C(F)(F)F)cc(C(F)(F)F)c1)Oc1cc(C(F)(F)F)cc(C(F)(F)F)c1. The summed E-state index contributed by atoms with van der Waals surface area (Å²) in [6.07, 6.45) is -21.2. The molecule has 2 aromatic carbocycles. The number of halogens is 12. The Morgan fingerprint density at radius 2 is 0.697 bits per heavy atom. The quantitative estimate of drug-likeness (QED) is 0.327. The molecule has 0 unspecified atom stereocenters. The molecule has 186 valence electrons. The molecule has 2 rings (SSSR count). The molecule has 0 bridgehead atoms. The third-order valence-electron chi connectivity index (χ3n) is 3.52. The van der Waals surface area contributed by atoms with Crippen LogP contribution in [0.4, 0.5) is 52.7 Å². The Kier molecular flexibility index (Phi) is 8.04. The van der Waals surface area contributed by atoms with Gasteiger partial charge in [-0.25, -0.2) is 4.57 Å². The Labute approximate surface area is 176 Å². The van der Waals surface area contributed by atoms with E-state index in [1.807, 2.05) is 0 Å². The second kappa shape index (κ2) is 9.33. The van der Waals surface area contributed by atoms with Crippen LogP contribution in [0.3, 0.4) is 0 Å². The lowest BCUT2D eigenvalue weighted by Gasteiger charge is -2.16. The molecule has 0 saturated carbocycles. The van der Waals surface area contributed by atoms with E-state index in [-0.39, 0.29) is 41.9 Å². The van der Waals surface area contributed by atoms with Crippen LogP contribution in [0.1, 0.15) is 22.3 Å². The minimum Gasteiger partial charge on any atom is -0.418 e. The molecule has 0 radical (unpaired) electrons. The standard InChI is InChI=1S/C16H7F12O3P.H2O/c17-13(18,19)7-1-8(14(20,21)22)4-11(3-7)30-32(29)31-12-5-9(15(23,24)25)2-10(6-12)16(26,27)28;/h1-6,32H;1H2. The second-order valence-corrected chi connectivity index (χ2v) is 6.85. The highest BCUT2D eigenvalue weighted by atomic mass is 31.1. The molecule has 0 aliphatic heterocycles. The molecule has 33 heavy (non-hydrogen) atoms. The molecular weight excluding hydrogens is 515 g/mol. The lowest BCUT2D eigenvalue weighted by molar-refractivity contribution is -0.144. The van der Waals surface area contributed by atoms with Crippen molar-refractivity contribution in [3.63, 3.8) is 0 Å². The molecule has 0 heterocycles. The van der Waals surface area contributed by atoms with Gasteiger partial charge in [-0.3, -0.25) is 0 Å². The van der Waals surface area contributed by atoms with E-state index in [0.717, 1.165) is 0 Å². The predicted molar refractivity (Wildman–Crippen MR) is 86.8 cm³/mol. The van der Waals surface area contributed by atoms with Crippen LogP contribution in [-0.4, -0.2) is 5.48 Å². The first-order valence-corrected chi connectivity index (χ1v) is 8.98. The van der Waals surface area contributed by atoms with Crippen LogP contribution in [0.5, 0.6) is 11.5 Å². The summed E-state index contributed by atoms with van der Waals surface area (Å²) in [6.45, 7) is 0. The summed E-state index contributed by atoms with van der Waals surface area (Å²) in [6, 6.07) is -0.591. The van der Waals surface area contributed by atoms with Crippen LogP contribution in [0, 0.1) is 0 Å². The van der Waals surface area contributed by atoms with Gasteiger partial charge in [-0.1, -0.05) is 0 Å². The summed E-state index contributed by atoms with van der Waals surface area (Å²) in [4.78, 5) is 0. The van der Waals surface area contributed by atoms with Crippen LogP contribution < -0.4 is 9.05 Å². The molecule has 0 aromatic heterocycles. The molecule has 0 aliphatic rings. The van der Waals surface area contributed by atoms with Crippen LogP contribution in [0.15, 0.2) is 36.4 Å². The van der Waals surface area contributed by atoms with E-state index >= 15 is 0 Å². The highest BCUT2D eigenvalue weighted by Gasteiger charge is 2.39. The molecule has 0 saturated heterocycles. The smallest absolute Gasteiger partial charge is 0.418 e. The molecule has 4 nitrogen and oxygen atoms in total. The summed E-state index contributed by atoms with van der Waals surface area (Å²) in [5.41, 5.74) is -7.46. The van der Waals surface area contributed by atoms with Gasteiger partial charge < -0.3 is 14.5 Å². The second-order valence-electron chi connectivity index (χ2n) is 5.94. The van der Waals surface area contributed by atoms with Gasteiger partial charge in [0.2, 0.25) is 0 Å². The molecular formula is C16H9F12O4P. The van der Waals surface area contributed by atoms with E-state index in [0.29, 0.717) is 0 Å². The van der Waals surface area contributed by atoms with Crippen molar-refractivity contribution in [1.82, 2.24) is 0 Å². The minimum atomic E-state index is -5.29. The van der Waals surface area contributed by atoms with Crippen molar-refractivity contribution in [2.75, 3.05) is 0 Å². The molecule has 2 aromatic rings. The fraction of sp³-hybridized carbons (Fsp3) is 0.250. The van der Waals surface area contributed by atoms with Crippen LogP contribution in [-0.2, 0) is 29.3 Å². The molecule has 0 aliphatic carbocycles. The Morgan fingerprint density at radius 1 is 0.485 bits per heavy atom. The van der Waals surface area contributed by atoms with Crippen molar-refractivity contribution >= 4 is 8.25 Å². The Morgan fingerprint density at radius 3 is 0.879 bits per heavy atom. The van der Waals surface area contributed by atoms with Crippen molar-refractivity contribution in [3.05, 3.63) is 58.7 Å². The normalized spacial score (nSPS) is 13.0. The maximum absolute atomic E-state index is 12.8. The topological polar surface area (TPSA) is 67.0 Å². The summed E-state index contributed by atoms with van der Waals surface area (Å²) in [5.74, 6) is -2.59. The number of hydrogen-bond acceptors (Lipinski definition) is 3. The van der Waals surface area contributed by atoms with E-state index in [2.05, 4.69) is 9.05 Å². The minimum absolute atomic E-state index is 0. The zero-order valence-corrected chi connectivity index (χ0v) is 16.2. The number of hydrogen-bond donors (Lipinski definition) is 0. The first kappa shape index (κ1) is 28.4. The number of rotatable bonds is 4. The molecule has 0 fully saturated rings. The molecule has 17 heteroatoms. The van der Waals surface area contributed by atoms with Crippen molar-refractivity contribution in [1.29, 1.82) is 0 Å². The lowest BCUT2D eigenvalue weighted by atomic mass is 10.1. The molecule has 0 amide bonds. The zero-order chi connectivity index (χ0) is 24.7.